The normalized spacial score (nSPS) is 14.6. The Labute approximate surface area is 159 Å². The Morgan fingerprint density at radius 1 is 0.880 bits per heavy atom. The SMILES string of the molecule is O=C1C(O)=C(c2ccc(Cl)cc2Cl)C(=O)N1CCc1ccc(Cl)cc1. The lowest BCUT2D eigenvalue weighted by Gasteiger charge is -2.14. The van der Waals surface area contributed by atoms with Crippen LogP contribution in [0.4, 0.5) is 0 Å². The Hall–Kier alpha value is -2.01. The van der Waals surface area contributed by atoms with Crippen LogP contribution in [0.5, 0.6) is 0 Å². The number of imide groups is 1. The molecule has 0 bridgehead atoms. The molecule has 2 aromatic carbocycles. The maximum Gasteiger partial charge on any atom is 0.296 e. The monoisotopic (exact) mass is 395 g/mol. The fraction of sp³-hybridized carbons (Fsp3) is 0.111. The van der Waals surface area contributed by atoms with Gasteiger partial charge in [-0.15, -0.1) is 0 Å². The summed E-state index contributed by atoms with van der Waals surface area (Å²) in [6.45, 7) is 0.137. The van der Waals surface area contributed by atoms with Crippen molar-refractivity contribution < 1.29 is 14.7 Å². The molecule has 1 N–H and O–H groups in total. The predicted octanol–water partition coefficient (Wildman–Crippen LogP) is 4.53. The molecule has 0 saturated heterocycles. The van der Waals surface area contributed by atoms with Gasteiger partial charge in [-0.05, 0) is 36.2 Å². The van der Waals surface area contributed by atoms with Gasteiger partial charge in [-0.1, -0.05) is 53.0 Å². The van der Waals surface area contributed by atoms with Gasteiger partial charge in [0.05, 0.1) is 10.6 Å². The van der Waals surface area contributed by atoms with Gasteiger partial charge < -0.3 is 5.11 Å². The minimum Gasteiger partial charge on any atom is -0.502 e. The highest BCUT2D eigenvalue weighted by molar-refractivity contribution is 6.40. The van der Waals surface area contributed by atoms with Crippen LogP contribution in [-0.4, -0.2) is 28.4 Å². The van der Waals surface area contributed by atoms with Gasteiger partial charge in [-0.25, -0.2) is 0 Å². The highest BCUT2D eigenvalue weighted by Crippen LogP contribution is 2.33. The molecule has 0 aromatic heterocycles. The third kappa shape index (κ3) is 3.52. The number of benzene rings is 2. The van der Waals surface area contributed by atoms with E-state index in [1.165, 1.54) is 18.2 Å². The van der Waals surface area contributed by atoms with Crippen molar-refractivity contribution >= 4 is 52.2 Å². The molecular weight excluding hydrogens is 385 g/mol. The van der Waals surface area contributed by atoms with Crippen LogP contribution in [0.3, 0.4) is 0 Å². The molecule has 0 atom stereocenters. The molecule has 0 fully saturated rings. The number of hydrogen-bond acceptors (Lipinski definition) is 3. The fourth-order valence-corrected chi connectivity index (χ4v) is 3.22. The van der Waals surface area contributed by atoms with Crippen molar-refractivity contribution in [1.29, 1.82) is 0 Å². The smallest absolute Gasteiger partial charge is 0.296 e. The first-order chi connectivity index (χ1) is 11.9. The minimum absolute atomic E-state index is 0.109. The molecule has 128 valence electrons. The van der Waals surface area contributed by atoms with Crippen molar-refractivity contribution in [3.63, 3.8) is 0 Å². The zero-order valence-corrected chi connectivity index (χ0v) is 15.1. The van der Waals surface area contributed by atoms with E-state index in [1.807, 2.05) is 12.1 Å². The van der Waals surface area contributed by atoms with Crippen molar-refractivity contribution in [3.8, 4) is 0 Å². The lowest BCUT2D eigenvalue weighted by Crippen LogP contribution is -2.33. The molecule has 2 amide bonds. The molecule has 1 aliphatic rings. The number of nitrogens with zero attached hydrogens (tertiary/aromatic N) is 1. The summed E-state index contributed by atoms with van der Waals surface area (Å²) in [6.07, 6.45) is 0.448. The summed E-state index contributed by atoms with van der Waals surface area (Å²) in [5.74, 6) is -1.93. The maximum atomic E-state index is 12.6. The molecule has 1 heterocycles. The summed E-state index contributed by atoms with van der Waals surface area (Å²) in [5, 5.41) is 11.3. The molecule has 0 radical (unpaired) electrons. The number of amides is 2. The van der Waals surface area contributed by atoms with Gasteiger partial charge in [0.25, 0.3) is 11.8 Å². The Bertz CT molecular complexity index is 891. The van der Waals surface area contributed by atoms with Crippen LogP contribution >= 0.6 is 34.8 Å². The second kappa shape index (κ2) is 7.08. The van der Waals surface area contributed by atoms with Gasteiger partial charge in [0.2, 0.25) is 0 Å². The number of rotatable bonds is 4. The molecular formula is C18H12Cl3NO3. The average molecular weight is 397 g/mol. The summed E-state index contributed by atoms with van der Waals surface area (Å²) < 4.78 is 0. The second-order valence-electron chi connectivity index (χ2n) is 5.49. The van der Waals surface area contributed by atoms with Crippen LogP contribution in [0, 0.1) is 0 Å². The standard InChI is InChI=1S/C18H12Cl3NO3/c19-11-3-1-10(2-4-11)7-8-22-17(24)15(16(23)18(22)25)13-6-5-12(20)9-14(13)21/h1-6,9,23H,7-8H2. The van der Waals surface area contributed by atoms with Gasteiger partial charge >= 0.3 is 0 Å². The summed E-state index contributed by atoms with van der Waals surface area (Å²) in [6, 6.07) is 11.6. The van der Waals surface area contributed by atoms with Gasteiger partial charge in [-0.3, -0.25) is 14.5 Å². The average Bonchev–Trinajstić information content (AvgIpc) is 2.78. The summed E-state index contributed by atoms with van der Waals surface area (Å²) >= 11 is 17.8. The van der Waals surface area contributed by atoms with E-state index in [1.54, 1.807) is 12.1 Å². The lowest BCUT2D eigenvalue weighted by atomic mass is 10.1. The van der Waals surface area contributed by atoms with E-state index in [9.17, 15) is 14.7 Å². The molecule has 0 aliphatic carbocycles. The largest absolute Gasteiger partial charge is 0.502 e. The van der Waals surface area contributed by atoms with E-state index in [0.29, 0.717) is 16.5 Å². The summed E-state index contributed by atoms with van der Waals surface area (Å²) in [7, 11) is 0. The molecule has 1 aliphatic heterocycles. The zero-order valence-electron chi connectivity index (χ0n) is 12.8. The Balaban J connectivity index is 1.82. The Morgan fingerprint density at radius 3 is 2.16 bits per heavy atom. The molecule has 0 unspecified atom stereocenters. The van der Waals surface area contributed by atoms with Crippen LogP contribution in [0.2, 0.25) is 15.1 Å². The lowest BCUT2D eigenvalue weighted by molar-refractivity contribution is -0.138. The zero-order chi connectivity index (χ0) is 18.1. The van der Waals surface area contributed by atoms with E-state index < -0.39 is 17.6 Å². The number of aliphatic hydroxyl groups is 1. The number of hydrogen-bond donors (Lipinski definition) is 1. The molecule has 0 spiro atoms. The topological polar surface area (TPSA) is 57.6 Å². The fourth-order valence-electron chi connectivity index (χ4n) is 2.59. The first kappa shape index (κ1) is 17.8. The third-order valence-electron chi connectivity index (χ3n) is 3.88. The van der Waals surface area contributed by atoms with Gasteiger partial charge in [0.1, 0.15) is 0 Å². The van der Waals surface area contributed by atoms with E-state index in [4.69, 9.17) is 34.8 Å². The van der Waals surface area contributed by atoms with Gasteiger partial charge in [0, 0.05) is 22.2 Å². The van der Waals surface area contributed by atoms with E-state index in [2.05, 4.69) is 0 Å². The van der Waals surface area contributed by atoms with Crippen molar-refractivity contribution in [1.82, 2.24) is 4.90 Å². The molecule has 2 aromatic rings. The highest BCUT2D eigenvalue weighted by atomic mass is 35.5. The van der Waals surface area contributed by atoms with Crippen molar-refractivity contribution in [2.24, 2.45) is 0 Å². The number of carbonyl (C=O) groups excluding carboxylic acids is 2. The molecule has 0 saturated carbocycles. The highest BCUT2D eigenvalue weighted by Gasteiger charge is 2.39. The Morgan fingerprint density at radius 2 is 1.52 bits per heavy atom. The summed E-state index contributed by atoms with van der Waals surface area (Å²) in [4.78, 5) is 25.9. The van der Waals surface area contributed by atoms with E-state index >= 15 is 0 Å². The third-order valence-corrected chi connectivity index (χ3v) is 4.68. The second-order valence-corrected chi connectivity index (χ2v) is 6.77. The molecule has 25 heavy (non-hydrogen) atoms. The first-order valence-corrected chi connectivity index (χ1v) is 8.51. The maximum absolute atomic E-state index is 12.6. The number of carbonyl (C=O) groups is 2. The molecule has 4 nitrogen and oxygen atoms in total. The van der Waals surface area contributed by atoms with Crippen molar-refractivity contribution in [2.45, 2.75) is 6.42 Å². The predicted molar refractivity (Wildman–Crippen MR) is 97.9 cm³/mol. The number of halogens is 3. The number of aliphatic hydroxyl groups excluding tert-OH is 1. The molecule has 3 rings (SSSR count). The van der Waals surface area contributed by atoms with Crippen LogP contribution in [-0.2, 0) is 16.0 Å². The Kier molecular flexibility index (Phi) is 5.04. The minimum atomic E-state index is -0.736. The van der Waals surface area contributed by atoms with Crippen LogP contribution in [0.25, 0.3) is 5.57 Å². The van der Waals surface area contributed by atoms with Crippen LogP contribution in [0.15, 0.2) is 48.2 Å². The first-order valence-electron chi connectivity index (χ1n) is 7.38. The van der Waals surface area contributed by atoms with Crippen molar-refractivity contribution in [2.75, 3.05) is 6.54 Å². The summed E-state index contributed by atoms with van der Waals surface area (Å²) in [5.41, 5.74) is 1.08. The van der Waals surface area contributed by atoms with Gasteiger partial charge in [-0.2, -0.15) is 0 Å². The van der Waals surface area contributed by atoms with Crippen molar-refractivity contribution in [3.05, 3.63) is 74.4 Å². The molecule has 7 heteroatoms. The van der Waals surface area contributed by atoms with E-state index in [0.717, 1.165) is 10.5 Å². The van der Waals surface area contributed by atoms with Crippen LogP contribution < -0.4 is 0 Å². The van der Waals surface area contributed by atoms with Crippen LogP contribution in [0.1, 0.15) is 11.1 Å². The quantitative estimate of drug-likeness (QED) is 0.773. The van der Waals surface area contributed by atoms with E-state index in [-0.39, 0.29) is 22.7 Å². The van der Waals surface area contributed by atoms with Gasteiger partial charge in [0.15, 0.2) is 5.76 Å².